The largest absolute Gasteiger partial charge is 0.207 e. The van der Waals surface area contributed by atoms with Gasteiger partial charge in [-0.15, -0.1) is 0 Å². The van der Waals surface area contributed by atoms with Crippen LogP contribution in [0.2, 0.25) is 0 Å². The molecular formula is C8H3FN2S. The SMILES string of the molecule is N#Cc1cc(F)cc(N=C=S)c1. The Balaban J connectivity index is 3.25. The fraction of sp³-hybridized carbons (Fsp3) is 0. The topological polar surface area (TPSA) is 36.1 Å². The van der Waals surface area contributed by atoms with Gasteiger partial charge in [-0.2, -0.15) is 10.3 Å². The molecule has 0 spiro atoms. The first-order chi connectivity index (χ1) is 5.76. The summed E-state index contributed by atoms with van der Waals surface area (Å²) in [5.41, 5.74) is 0.528. The van der Waals surface area contributed by atoms with E-state index in [1.54, 1.807) is 6.07 Å². The summed E-state index contributed by atoms with van der Waals surface area (Å²) in [6.45, 7) is 0. The maximum Gasteiger partial charge on any atom is 0.126 e. The highest BCUT2D eigenvalue weighted by atomic mass is 32.1. The molecule has 0 radical (unpaired) electrons. The average Bonchev–Trinajstić information content (AvgIpc) is 2.04. The molecule has 0 atom stereocenters. The van der Waals surface area contributed by atoms with Gasteiger partial charge in [0, 0.05) is 6.07 Å². The number of thiocarbonyl (C=S) groups is 1. The van der Waals surface area contributed by atoms with Crippen molar-refractivity contribution in [2.45, 2.75) is 0 Å². The van der Waals surface area contributed by atoms with Gasteiger partial charge in [-0.1, -0.05) is 0 Å². The van der Waals surface area contributed by atoms with Gasteiger partial charge in [0.25, 0.3) is 0 Å². The third-order valence-electron chi connectivity index (χ3n) is 1.19. The highest BCUT2D eigenvalue weighted by molar-refractivity contribution is 7.78. The number of aliphatic imine (C=N–C) groups is 1. The van der Waals surface area contributed by atoms with E-state index >= 15 is 0 Å². The van der Waals surface area contributed by atoms with Crippen LogP contribution in [-0.2, 0) is 0 Å². The Kier molecular flexibility index (Phi) is 2.65. The molecule has 0 saturated carbocycles. The fourth-order valence-electron chi connectivity index (χ4n) is 0.756. The third kappa shape index (κ3) is 1.96. The molecule has 0 aliphatic carbocycles. The molecule has 0 aromatic heterocycles. The minimum Gasteiger partial charge on any atom is -0.207 e. The predicted molar refractivity (Wildman–Crippen MR) is 45.8 cm³/mol. The zero-order chi connectivity index (χ0) is 8.97. The predicted octanol–water partition coefficient (Wildman–Crippen LogP) is 2.43. The van der Waals surface area contributed by atoms with Gasteiger partial charge in [-0.3, -0.25) is 0 Å². The molecule has 1 rings (SSSR count). The normalized spacial score (nSPS) is 8.33. The Bertz CT molecular complexity index is 389. The average molecular weight is 178 g/mol. The second-order valence-corrected chi connectivity index (χ2v) is 2.20. The van der Waals surface area contributed by atoms with E-state index < -0.39 is 5.82 Å². The van der Waals surface area contributed by atoms with Crippen LogP contribution in [0.4, 0.5) is 10.1 Å². The fourth-order valence-corrected chi connectivity index (χ4v) is 0.861. The van der Waals surface area contributed by atoms with Crippen molar-refractivity contribution in [3.05, 3.63) is 29.6 Å². The molecule has 0 bridgehead atoms. The summed E-state index contributed by atoms with van der Waals surface area (Å²) in [6, 6.07) is 5.55. The zero-order valence-electron chi connectivity index (χ0n) is 5.91. The Morgan fingerprint density at radius 3 is 2.75 bits per heavy atom. The standard InChI is InChI=1S/C8H3FN2S/c9-7-1-6(4-10)2-8(3-7)11-5-12/h1-3H. The van der Waals surface area contributed by atoms with Gasteiger partial charge in [-0.05, 0) is 24.4 Å². The van der Waals surface area contributed by atoms with Crippen molar-refractivity contribution in [2.24, 2.45) is 4.99 Å². The van der Waals surface area contributed by atoms with Gasteiger partial charge < -0.3 is 0 Å². The maximum atomic E-state index is 12.7. The Labute approximate surface area is 74.0 Å². The summed E-state index contributed by atoms with van der Waals surface area (Å²) in [4.78, 5) is 3.55. The molecule has 1 aromatic carbocycles. The number of isothiocyanates is 1. The van der Waals surface area contributed by atoms with Crippen LogP contribution < -0.4 is 0 Å². The van der Waals surface area contributed by atoms with Crippen molar-refractivity contribution in [3.8, 4) is 6.07 Å². The van der Waals surface area contributed by atoms with Gasteiger partial charge in [0.2, 0.25) is 0 Å². The minimum atomic E-state index is -0.502. The van der Waals surface area contributed by atoms with Gasteiger partial charge in [0.1, 0.15) is 5.82 Å². The van der Waals surface area contributed by atoms with Crippen molar-refractivity contribution in [1.82, 2.24) is 0 Å². The van der Waals surface area contributed by atoms with E-state index in [0.717, 1.165) is 6.07 Å². The summed E-state index contributed by atoms with van der Waals surface area (Å²) in [6.07, 6.45) is 0. The first kappa shape index (κ1) is 8.54. The molecule has 0 aliphatic rings. The molecule has 0 N–H and O–H groups in total. The number of rotatable bonds is 1. The number of nitriles is 1. The molecule has 0 fully saturated rings. The van der Waals surface area contributed by atoms with Gasteiger partial charge >= 0.3 is 0 Å². The van der Waals surface area contributed by atoms with Crippen LogP contribution in [0, 0.1) is 17.1 Å². The molecule has 12 heavy (non-hydrogen) atoms. The molecule has 0 saturated heterocycles. The molecule has 58 valence electrons. The third-order valence-corrected chi connectivity index (χ3v) is 1.28. The molecule has 0 aliphatic heterocycles. The first-order valence-corrected chi connectivity index (χ1v) is 3.45. The van der Waals surface area contributed by atoms with E-state index in [1.165, 1.54) is 12.1 Å². The van der Waals surface area contributed by atoms with Gasteiger partial charge in [-0.25, -0.2) is 4.39 Å². The van der Waals surface area contributed by atoms with E-state index in [0.29, 0.717) is 5.69 Å². The second-order valence-electron chi connectivity index (χ2n) is 2.01. The second kappa shape index (κ2) is 3.72. The summed E-state index contributed by atoms with van der Waals surface area (Å²) in [7, 11) is 0. The van der Waals surface area contributed by atoms with Gasteiger partial charge in [0.05, 0.1) is 22.5 Å². The molecule has 0 amide bonds. The van der Waals surface area contributed by atoms with E-state index in [2.05, 4.69) is 22.4 Å². The molecular weight excluding hydrogens is 175 g/mol. The number of halogens is 1. The van der Waals surface area contributed by atoms with Crippen LogP contribution in [-0.4, -0.2) is 5.16 Å². The van der Waals surface area contributed by atoms with Crippen molar-refractivity contribution in [3.63, 3.8) is 0 Å². The molecule has 1 aromatic rings. The van der Waals surface area contributed by atoms with Crippen molar-refractivity contribution >= 4 is 23.1 Å². The van der Waals surface area contributed by atoms with Crippen molar-refractivity contribution < 1.29 is 4.39 Å². The summed E-state index contributed by atoms with van der Waals surface area (Å²) in [5, 5.41) is 10.5. The van der Waals surface area contributed by atoms with Crippen LogP contribution in [0.3, 0.4) is 0 Å². The Morgan fingerprint density at radius 1 is 1.42 bits per heavy atom. The molecule has 2 nitrogen and oxygen atoms in total. The Morgan fingerprint density at radius 2 is 2.17 bits per heavy atom. The Hall–Kier alpha value is -1.56. The van der Waals surface area contributed by atoms with Crippen LogP contribution in [0.25, 0.3) is 0 Å². The summed E-state index contributed by atoms with van der Waals surface area (Å²) in [5.74, 6) is -0.502. The number of nitrogens with zero attached hydrogens (tertiary/aromatic N) is 2. The zero-order valence-corrected chi connectivity index (χ0v) is 6.73. The van der Waals surface area contributed by atoms with Crippen LogP contribution in [0.1, 0.15) is 5.56 Å². The monoisotopic (exact) mass is 178 g/mol. The lowest BCUT2D eigenvalue weighted by Crippen LogP contribution is -1.77. The smallest absolute Gasteiger partial charge is 0.126 e. The van der Waals surface area contributed by atoms with Crippen LogP contribution in [0.5, 0.6) is 0 Å². The van der Waals surface area contributed by atoms with Crippen LogP contribution in [0.15, 0.2) is 23.2 Å². The van der Waals surface area contributed by atoms with Crippen LogP contribution >= 0.6 is 12.2 Å². The maximum absolute atomic E-state index is 12.7. The molecule has 4 heteroatoms. The lowest BCUT2D eigenvalue weighted by molar-refractivity contribution is 0.628. The highest BCUT2D eigenvalue weighted by Crippen LogP contribution is 2.15. The van der Waals surface area contributed by atoms with E-state index in [4.69, 9.17) is 5.26 Å². The number of benzene rings is 1. The minimum absolute atomic E-state index is 0.221. The van der Waals surface area contributed by atoms with Crippen molar-refractivity contribution in [1.29, 1.82) is 5.26 Å². The summed E-state index contributed by atoms with van der Waals surface area (Å²) >= 11 is 4.33. The van der Waals surface area contributed by atoms with E-state index in [-0.39, 0.29) is 5.56 Å². The lowest BCUT2D eigenvalue weighted by atomic mass is 10.2. The number of hydrogen-bond donors (Lipinski definition) is 0. The van der Waals surface area contributed by atoms with E-state index in [1.807, 2.05) is 0 Å². The number of hydrogen-bond acceptors (Lipinski definition) is 3. The van der Waals surface area contributed by atoms with Gasteiger partial charge in [0.15, 0.2) is 0 Å². The molecule has 0 unspecified atom stereocenters. The quantitative estimate of drug-likeness (QED) is 0.489. The first-order valence-electron chi connectivity index (χ1n) is 3.05. The molecule has 0 heterocycles. The lowest BCUT2D eigenvalue weighted by Gasteiger charge is -1.92. The highest BCUT2D eigenvalue weighted by Gasteiger charge is 1.97. The van der Waals surface area contributed by atoms with E-state index in [9.17, 15) is 4.39 Å². The summed E-state index contributed by atoms with van der Waals surface area (Å²) < 4.78 is 12.7. The van der Waals surface area contributed by atoms with Crippen molar-refractivity contribution in [2.75, 3.05) is 0 Å².